The maximum absolute atomic E-state index is 9.25. The molecule has 0 fully saturated rings. The molecule has 0 radical (unpaired) electrons. The van der Waals surface area contributed by atoms with E-state index in [-0.39, 0.29) is 6.61 Å². The van der Waals surface area contributed by atoms with E-state index in [1.54, 1.807) is 0 Å². The molecule has 1 aromatic rings. The molecule has 18 heavy (non-hydrogen) atoms. The van der Waals surface area contributed by atoms with Crippen LogP contribution in [-0.2, 0) is 0 Å². The third-order valence-electron chi connectivity index (χ3n) is 3.16. The van der Waals surface area contributed by atoms with Crippen molar-refractivity contribution in [2.75, 3.05) is 30.4 Å². The highest BCUT2D eigenvalue weighted by Gasteiger charge is 2.19. The quantitative estimate of drug-likeness (QED) is 0.775. The van der Waals surface area contributed by atoms with Crippen LogP contribution in [0.4, 0.5) is 11.8 Å². The van der Waals surface area contributed by atoms with Gasteiger partial charge in [0.15, 0.2) is 0 Å². The molecule has 0 aliphatic rings. The van der Waals surface area contributed by atoms with Gasteiger partial charge in [-0.3, -0.25) is 0 Å². The van der Waals surface area contributed by atoms with Crippen molar-refractivity contribution in [1.29, 1.82) is 0 Å². The number of rotatable bonds is 7. The summed E-state index contributed by atoms with van der Waals surface area (Å²) in [6, 6.07) is 0.399. The van der Waals surface area contributed by atoms with Crippen molar-refractivity contribution in [3.8, 4) is 0 Å². The molecule has 1 rings (SSSR count). The van der Waals surface area contributed by atoms with E-state index in [9.17, 15) is 5.11 Å². The van der Waals surface area contributed by atoms with Crippen molar-refractivity contribution < 1.29 is 5.11 Å². The zero-order valence-electron chi connectivity index (χ0n) is 11.8. The molecule has 0 unspecified atom stereocenters. The minimum atomic E-state index is 0.134. The van der Waals surface area contributed by atoms with Crippen LogP contribution in [0.15, 0.2) is 6.20 Å². The SMILES string of the molecule is CCC(CC)N(CCO)c1nc(NC)ncc1C. The van der Waals surface area contributed by atoms with Gasteiger partial charge in [0.05, 0.1) is 6.61 Å². The van der Waals surface area contributed by atoms with Gasteiger partial charge in [-0.1, -0.05) is 13.8 Å². The minimum absolute atomic E-state index is 0.134. The van der Waals surface area contributed by atoms with Gasteiger partial charge in [0.2, 0.25) is 5.95 Å². The average molecular weight is 252 g/mol. The highest BCUT2D eigenvalue weighted by molar-refractivity contribution is 5.49. The normalized spacial score (nSPS) is 10.8. The Kier molecular flexibility index (Phi) is 5.85. The number of nitrogens with zero attached hydrogens (tertiary/aromatic N) is 3. The largest absolute Gasteiger partial charge is 0.395 e. The summed E-state index contributed by atoms with van der Waals surface area (Å²) in [7, 11) is 1.81. The molecule has 5 heteroatoms. The minimum Gasteiger partial charge on any atom is -0.395 e. The van der Waals surface area contributed by atoms with E-state index in [4.69, 9.17) is 0 Å². The molecule has 2 N–H and O–H groups in total. The highest BCUT2D eigenvalue weighted by atomic mass is 16.3. The van der Waals surface area contributed by atoms with E-state index in [2.05, 4.69) is 34.0 Å². The highest BCUT2D eigenvalue weighted by Crippen LogP contribution is 2.22. The van der Waals surface area contributed by atoms with E-state index in [0.29, 0.717) is 18.5 Å². The molecule has 0 atom stereocenters. The van der Waals surface area contributed by atoms with Crippen LogP contribution >= 0.6 is 0 Å². The van der Waals surface area contributed by atoms with Crippen LogP contribution in [-0.4, -0.2) is 41.3 Å². The first-order valence-corrected chi connectivity index (χ1v) is 6.56. The van der Waals surface area contributed by atoms with Crippen molar-refractivity contribution in [3.63, 3.8) is 0 Å². The van der Waals surface area contributed by atoms with Crippen molar-refractivity contribution >= 4 is 11.8 Å². The molecule has 1 heterocycles. The van der Waals surface area contributed by atoms with Crippen molar-refractivity contribution in [1.82, 2.24) is 9.97 Å². The van der Waals surface area contributed by atoms with Crippen LogP contribution in [0.5, 0.6) is 0 Å². The molecule has 0 saturated heterocycles. The van der Waals surface area contributed by atoms with Gasteiger partial charge in [-0.05, 0) is 19.8 Å². The van der Waals surface area contributed by atoms with Crippen molar-refractivity contribution in [3.05, 3.63) is 11.8 Å². The fraction of sp³-hybridized carbons (Fsp3) is 0.692. The Morgan fingerprint density at radius 2 is 2.06 bits per heavy atom. The first-order chi connectivity index (χ1) is 8.67. The Morgan fingerprint density at radius 3 is 2.56 bits per heavy atom. The van der Waals surface area contributed by atoms with Crippen LogP contribution in [0.3, 0.4) is 0 Å². The first kappa shape index (κ1) is 14.7. The average Bonchev–Trinajstić information content (AvgIpc) is 2.40. The summed E-state index contributed by atoms with van der Waals surface area (Å²) < 4.78 is 0. The van der Waals surface area contributed by atoms with Gasteiger partial charge in [0.25, 0.3) is 0 Å². The zero-order chi connectivity index (χ0) is 13.5. The summed E-state index contributed by atoms with van der Waals surface area (Å²) in [5.41, 5.74) is 1.04. The molecule has 1 aromatic heterocycles. The fourth-order valence-corrected chi connectivity index (χ4v) is 2.14. The van der Waals surface area contributed by atoms with E-state index in [1.807, 2.05) is 20.2 Å². The Bertz CT molecular complexity index is 366. The fourth-order valence-electron chi connectivity index (χ4n) is 2.14. The maximum Gasteiger partial charge on any atom is 0.224 e. The number of nitrogens with one attached hydrogen (secondary N) is 1. The van der Waals surface area contributed by atoms with Crippen LogP contribution in [0.1, 0.15) is 32.3 Å². The molecule has 0 amide bonds. The van der Waals surface area contributed by atoms with Gasteiger partial charge in [-0.15, -0.1) is 0 Å². The van der Waals surface area contributed by atoms with Gasteiger partial charge in [0, 0.05) is 31.4 Å². The Labute approximate surface area is 109 Å². The summed E-state index contributed by atoms with van der Waals surface area (Å²) in [5, 5.41) is 12.2. The topological polar surface area (TPSA) is 61.3 Å². The first-order valence-electron chi connectivity index (χ1n) is 6.56. The van der Waals surface area contributed by atoms with Crippen LogP contribution < -0.4 is 10.2 Å². The van der Waals surface area contributed by atoms with Gasteiger partial charge in [-0.2, -0.15) is 4.98 Å². The second-order valence-corrected chi connectivity index (χ2v) is 4.34. The van der Waals surface area contributed by atoms with E-state index >= 15 is 0 Å². The summed E-state index contributed by atoms with van der Waals surface area (Å²) in [5.74, 6) is 1.53. The summed E-state index contributed by atoms with van der Waals surface area (Å²) >= 11 is 0. The second-order valence-electron chi connectivity index (χ2n) is 4.34. The van der Waals surface area contributed by atoms with Crippen LogP contribution in [0.2, 0.25) is 0 Å². The van der Waals surface area contributed by atoms with Crippen LogP contribution in [0, 0.1) is 6.92 Å². The standard InChI is InChI=1S/C13H24N4O/c1-5-11(6-2)17(7-8-18)12-10(3)9-15-13(14-4)16-12/h9,11,18H,5-8H2,1-4H3,(H,14,15,16). The van der Waals surface area contributed by atoms with Crippen LogP contribution in [0.25, 0.3) is 0 Å². The molecule has 0 aliphatic heterocycles. The number of hydrogen-bond acceptors (Lipinski definition) is 5. The number of aromatic nitrogens is 2. The molecule has 0 spiro atoms. The lowest BCUT2D eigenvalue weighted by Crippen LogP contribution is -2.38. The molecule has 0 aliphatic carbocycles. The Morgan fingerprint density at radius 1 is 1.39 bits per heavy atom. The van der Waals surface area contributed by atoms with E-state index in [1.165, 1.54) is 0 Å². The van der Waals surface area contributed by atoms with Gasteiger partial charge in [0.1, 0.15) is 5.82 Å². The van der Waals surface area contributed by atoms with Gasteiger partial charge in [-0.25, -0.2) is 4.98 Å². The number of hydrogen-bond donors (Lipinski definition) is 2. The summed E-state index contributed by atoms with van der Waals surface area (Å²) in [6.07, 6.45) is 3.89. The molecule has 5 nitrogen and oxygen atoms in total. The molecule has 0 saturated carbocycles. The summed E-state index contributed by atoms with van der Waals surface area (Å²) in [4.78, 5) is 10.9. The molecule has 0 bridgehead atoms. The lowest BCUT2D eigenvalue weighted by molar-refractivity contribution is 0.295. The summed E-state index contributed by atoms with van der Waals surface area (Å²) in [6.45, 7) is 7.06. The predicted molar refractivity (Wildman–Crippen MR) is 75.1 cm³/mol. The third-order valence-corrected chi connectivity index (χ3v) is 3.16. The monoisotopic (exact) mass is 252 g/mol. The number of aliphatic hydroxyl groups is 1. The van der Waals surface area contributed by atoms with Crippen molar-refractivity contribution in [2.24, 2.45) is 0 Å². The molecular weight excluding hydrogens is 228 g/mol. The maximum atomic E-state index is 9.25. The van der Waals surface area contributed by atoms with Gasteiger partial charge >= 0.3 is 0 Å². The smallest absolute Gasteiger partial charge is 0.224 e. The number of aryl methyl sites for hydroxylation is 1. The Hall–Kier alpha value is -1.36. The lowest BCUT2D eigenvalue weighted by atomic mass is 10.1. The molecular formula is C13H24N4O. The number of aliphatic hydroxyl groups excluding tert-OH is 1. The molecule has 102 valence electrons. The van der Waals surface area contributed by atoms with Gasteiger partial charge < -0.3 is 15.3 Å². The third kappa shape index (κ3) is 3.32. The number of anilines is 2. The molecule has 0 aromatic carbocycles. The van der Waals surface area contributed by atoms with Crippen molar-refractivity contribution in [2.45, 2.75) is 39.7 Å². The van der Waals surface area contributed by atoms with E-state index in [0.717, 1.165) is 24.2 Å². The van der Waals surface area contributed by atoms with E-state index < -0.39 is 0 Å². The lowest BCUT2D eigenvalue weighted by Gasteiger charge is -2.32. The Balaban J connectivity index is 3.10. The second kappa shape index (κ2) is 7.16. The zero-order valence-corrected chi connectivity index (χ0v) is 11.8. The predicted octanol–water partition coefficient (Wildman–Crippen LogP) is 1.81.